The summed E-state index contributed by atoms with van der Waals surface area (Å²) in [5.74, 6) is 0.282. The molecule has 0 fully saturated rings. The zero-order valence-corrected chi connectivity index (χ0v) is 14.5. The molecule has 0 saturated carbocycles. The van der Waals surface area contributed by atoms with Gasteiger partial charge in [0.05, 0.1) is 17.1 Å². The Labute approximate surface area is 155 Å². The van der Waals surface area contributed by atoms with Crippen molar-refractivity contribution in [3.63, 3.8) is 0 Å². The number of nitrogens with zero attached hydrogens (tertiary/aromatic N) is 2. The summed E-state index contributed by atoms with van der Waals surface area (Å²) in [6.07, 6.45) is 3.43. The summed E-state index contributed by atoms with van der Waals surface area (Å²) in [6, 6.07) is 18.5. The number of hydrogen-bond acceptors (Lipinski definition) is 4. The largest absolute Gasteiger partial charge is 0.388 e. The molecule has 0 bridgehead atoms. The molecular formula is C21H18N4O2. The highest BCUT2D eigenvalue weighted by molar-refractivity contribution is 5.97. The zero-order chi connectivity index (χ0) is 18.6. The summed E-state index contributed by atoms with van der Waals surface area (Å²) in [4.78, 5) is 24.2. The summed E-state index contributed by atoms with van der Waals surface area (Å²) in [7, 11) is 0. The van der Waals surface area contributed by atoms with Crippen LogP contribution in [0.15, 0.2) is 73.1 Å². The van der Waals surface area contributed by atoms with Crippen LogP contribution in [0, 0.1) is 0 Å². The van der Waals surface area contributed by atoms with E-state index >= 15 is 0 Å². The third kappa shape index (κ3) is 3.56. The van der Waals surface area contributed by atoms with Crippen LogP contribution in [0.1, 0.15) is 33.4 Å². The summed E-state index contributed by atoms with van der Waals surface area (Å²) in [5, 5.41) is 12.3. The molecule has 3 N–H and O–H groups in total. The van der Waals surface area contributed by atoms with Crippen molar-refractivity contribution < 1.29 is 9.90 Å². The van der Waals surface area contributed by atoms with Gasteiger partial charge >= 0.3 is 0 Å². The summed E-state index contributed by atoms with van der Waals surface area (Å²) in [5.41, 5.74) is 3.89. The Morgan fingerprint density at radius 2 is 1.78 bits per heavy atom. The minimum absolute atomic E-state index is 0.172. The maximum absolute atomic E-state index is 12.9. The van der Waals surface area contributed by atoms with Crippen LogP contribution in [-0.2, 0) is 6.61 Å². The predicted octanol–water partition coefficient (Wildman–Crippen LogP) is 2.97. The van der Waals surface area contributed by atoms with Gasteiger partial charge in [-0.3, -0.25) is 9.78 Å². The first-order valence-corrected chi connectivity index (χ1v) is 8.60. The number of hydrogen-bond donors (Lipinski definition) is 3. The van der Waals surface area contributed by atoms with E-state index < -0.39 is 0 Å². The second kappa shape index (κ2) is 7.39. The Kier molecular flexibility index (Phi) is 4.63. The quantitative estimate of drug-likeness (QED) is 0.511. The normalized spacial score (nSPS) is 12.0. The molecule has 6 nitrogen and oxygen atoms in total. The molecule has 27 heavy (non-hydrogen) atoms. The molecule has 0 aliphatic heterocycles. The number of aliphatic hydroxyl groups excluding tert-OH is 1. The van der Waals surface area contributed by atoms with Crippen LogP contribution in [0.25, 0.3) is 11.0 Å². The van der Waals surface area contributed by atoms with Crippen LogP contribution in [0.2, 0.25) is 0 Å². The van der Waals surface area contributed by atoms with Gasteiger partial charge in [0.25, 0.3) is 5.91 Å². The van der Waals surface area contributed by atoms with Gasteiger partial charge in [-0.05, 0) is 41.5 Å². The zero-order valence-electron chi connectivity index (χ0n) is 14.5. The number of fused-ring (bicyclic) bond motifs is 1. The molecule has 1 atom stereocenters. The topological polar surface area (TPSA) is 90.9 Å². The number of H-pyrrole nitrogens is 1. The van der Waals surface area contributed by atoms with Crippen LogP contribution in [-0.4, -0.2) is 26.0 Å². The van der Waals surface area contributed by atoms with Crippen molar-refractivity contribution in [2.75, 3.05) is 0 Å². The molecule has 1 unspecified atom stereocenters. The Morgan fingerprint density at radius 1 is 1.04 bits per heavy atom. The lowest BCUT2D eigenvalue weighted by Gasteiger charge is -2.19. The average molecular weight is 358 g/mol. The summed E-state index contributed by atoms with van der Waals surface area (Å²) in [6.45, 7) is -0.172. The second-order valence-electron chi connectivity index (χ2n) is 6.17. The number of imidazole rings is 1. The van der Waals surface area contributed by atoms with Gasteiger partial charge in [0.1, 0.15) is 12.4 Å². The van der Waals surface area contributed by atoms with E-state index in [4.69, 9.17) is 0 Å². The van der Waals surface area contributed by atoms with Gasteiger partial charge in [-0.2, -0.15) is 0 Å². The van der Waals surface area contributed by atoms with Crippen LogP contribution >= 0.6 is 0 Å². The average Bonchev–Trinajstić information content (AvgIpc) is 3.15. The smallest absolute Gasteiger partial charge is 0.252 e. The van der Waals surface area contributed by atoms with Gasteiger partial charge in [0, 0.05) is 18.0 Å². The molecule has 2 aromatic carbocycles. The van der Waals surface area contributed by atoms with E-state index in [0.717, 1.165) is 11.1 Å². The number of pyridine rings is 1. The summed E-state index contributed by atoms with van der Waals surface area (Å²) >= 11 is 0. The fourth-order valence-corrected chi connectivity index (χ4v) is 3.05. The molecular weight excluding hydrogens is 340 g/mol. The van der Waals surface area contributed by atoms with E-state index in [1.807, 2.05) is 42.5 Å². The Hall–Kier alpha value is -3.51. The fourth-order valence-electron chi connectivity index (χ4n) is 3.05. The van der Waals surface area contributed by atoms with Gasteiger partial charge < -0.3 is 15.4 Å². The highest BCUT2D eigenvalue weighted by Gasteiger charge is 2.18. The van der Waals surface area contributed by atoms with E-state index in [1.165, 1.54) is 0 Å². The van der Waals surface area contributed by atoms with E-state index in [-0.39, 0.29) is 18.6 Å². The first-order valence-electron chi connectivity index (χ1n) is 8.60. The van der Waals surface area contributed by atoms with Gasteiger partial charge in [-0.15, -0.1) is 0 Å². The molecule has 0 aliphatic carbocycles. The lowest BCUT2D eigenvalue weighted by molar-refractivity contribution is 0.0943. The minimum Gasteiger partial charge on any atom is -0.388 e. The van der Waals surface area contributed by atoms with E-state index in [9.17, 15) is 9.90 Å². The number of benzene rings is 2. The molecule has 1 amide bonds. The third-order valence-electron chi connectivity index (χ3n) is 4.39. The minimum atomic E-state index is -0.285. The summed E-state index contributed by atoms with van der Waals surface area (Å²) < 4.78 is 0. The van der Waals surface area contributed by atoms with Crippen LogP contribution in [0.3, 0.4) is 0 Å². The number of carbonyl (C=O) groups excluding carboxylic acids is 1. The molecule has 0 radical (unpaired) electrons. The molecule has 0 aliphatic rings. The maximum atomic E-state index is 12.9. The lowest BCUT2D eigenvalue weighted by atomic mass is 9.99. The van der Waals surface area contributed by atoms with Crippen LogP contribution in [0.4, 0.5) is 0 Å². The Bertz CT molecular complexity index is 1020. The molecule has 4 rings (SSSR count). The van der Waals surface area contributed by atoms with Crippen molar-refractivity contribution in [1.82, 2.24) is 20.3 Å². The lowest BCUT2D eigenvalue weighted by Crippen LogP contribution is -2.29. The number of aromatic nitrogens is 3. The molecule has 0 spiro atoms. The predicted molar refractivity (Wildman–Crippen MR) is 102 cm³/mol. The fraction of sp³-hybridized carbons (Fsp3) is 0.0952. The van der Waals surface area contributed by atoms with Crippen LogP contribution < -0.4 is 5.32 Å². The Balaban J connectivity index is 1.65. The van der Waals surface area contributed by atoms with Crippen molar-refractivity contribution in [2.24, 2.45) is 0 Å². The number of aromatic amines is 1. The molecule has 4 aromatic rings. The first kappa shape index (κ1) is 16.9. The molecule has 6 heteroatoms. The van der Waals surface area contributed by atoms with Crippen LogP contribution in [0.5, 0.6) is 0 Å². The van der Waals surface area contributed by atoms with Crippen molar-refractivity contribution in [2.45, 2.75) is 12.6 Å². The third-order valence-corrected chi connectivity index (χ3v) is 4.39. The highest BCUT2D eigenvalue weighted by Crippen LogP contribution is 2.22. The van der Waals surface area contributed by atoms with Gasteiger partial charge in [0.2, 0.25) is 0 Å². The highest BCUT2D eigenvalue weighted by atomic mass is 16.3. The number of aliphatic hydroxyl groups is 1. The van der Waals surface area contributed by atoms with Gasteiger partial charge in [-0.1, -0.05) is 30.3 Å². The maximum Gasteiger partial charge on any atom is 0.252 e. The van der Waals surface area contributed by atoms with Gasteiger partial charge in [0.15, 0.2) is 0 Å². The number of carbonyl (C=O) groups is 1. The second-order valence-corrected chi connectivity index (χ2v) is 6.17. The standard InChI is InChI=1S/C21H18N4O2/c26-13-19-23-17-7-6-16(12-18(17)24-19)21(27)25-20(14-4-2-1-3-5-14)15-8-10-22-11-9-15/h1-12,20,26H,13H2,(H,23,24)(H,25,27). The van der Waals surface area contributed by atoms with Crippen molar-refractivity contribution >= 4 is 16.9 Å². The molecule has 134 valence electrons. The van der Waals surface area contributed by atoms with E-state index in [2.05, 4.69) is 20.3 Å². The monoisotopic (exact) mass is 358 g/mol. The SMILES string of the molecule is O=C(NC(c1ccccc1)c1ccncc1)c1ccc2nc(CO)[nH]c2c1. The van der Waals surface area contributed by atoms with Crippen molar-refractivity contribution in [3.05, 3.63) is 95.6 Å². The molecule has 2 heterocycles. The molecule has 2 aromatic heterocycles. The van der Waals surface area contributed by atoms with E-state index in [0.29, 0.717) is 22.4 Å². The number of rotatable bonds is 5. The van der Waals surface area contributed by atoms with Crippen molar-refractivity contribution in [3.8, 4) is 0 Å². The van der Waals surface area contributed by atoms with Gasteiger partial charge in [-0.25, -0.2) is 4.98 Å². The Morgan fingerprint density at radius 3 is 2.52 bits per heavy atom. The first-order chi connectivity index (χ1) is 13.2. The van der Waals surface area contributed by atoms with Crippen molar-refractivity contribution in [1.29, 1.82) is 0 Å². The van der Waals surface area contributed by atoms with E-state index in [1.54, 1.807) is 30.6 Å². The molecule has 0 saturated heterocycles. The number of nitrogens with one attached hydrogen (secondary N) is 2. The number of amides is 1.